The van der Waals surface area contributed by atoms with Crippen LogP contribution in [0.3, 0.4) is 0 Å². The number of carbonyl (C=O) groups is 1. The van der Waals surface area contributed by atoms with Crippen molar-refractivity contribution >= 4 is 33.9 Å². The van der Waals surface area contributed by atoms with Crippen LogP contribution in [0.4, 0.5) is 16.6 Å². The molecule has 0 saturated carbocycles. The quantitative estimate of drug-likeness (QED) is 0.631. The zero-order valence-electron chi connectivity index (χ0n) is 9.65. The number of nitrogens with one attached hydrogen (secondary N) is 1. The number of hydrogen-bond donors (Lipinski definition) is 2. The van der Waals surface area contributed by atoms with E-state index in [-0.39, 0.29) is 16.5 Å². The Hall–Kier alpha value is -2.62. The monoisotopic (exact) mass is 280 g/mol. The number of rotatable bonds is 3. The number of pyridine rings is 1. The van der Waals surface area contributed by atoms with Crippen LogP contribution in [0.2, 0.25) is 0 Å². The summed E-state index contributed by atoms with van der Waals surface area (Å²) < 4.78 is 0. The summed E-state index contributed by atoms with van der Waals surface area (Å²) in [4.78, 5) is 25.6. The first kappa shape index (κ1) is 12.8. The Balaban J connectivity index is 2.32. The lowest BCUT2D eigenvalue weighted by atomic mass is 10.2. The average molecular weight is 280 g/mol. The molecule has 9 nitrogen and oxygen atoms in total. The van der Waals surface area contributed by atoms with E-state index in [0.29, 0.717) is 5.01 Å². The second-order valence-corrected chi connectivity index (χ2v) is 4.65. The van der Waals surface area contributed by atoms with Crippen molar-refractivity contribution in [3.63, 3.8) is 0 Å². The summed E-state index contributed by atoms with van der Waals surface area (Å²) in [5.74, 6) is -0.666. The molecule has 2 aromatic rings. The van der Waals surface area contributed by atoms with Crippen molar-refractivity contribution in [1.29, 1.82) is 0 Å². The van der Waals surface area contributed by atoms with Gasteiger partial charge >= 0.3 is 0 Å². The van der Waals surface area contributed by atoms with E-state index in [0.717, 1.165) is 23.6 Å². The molecule has 2 aromatic heterocycles. The first-order valence-electron chi connectivity index (χ1n) is 4.98. The fourth-order valence-corrected chi connectivity index (χ4v) is 1.89. The average Bonchev–Trinajstić information content (AvgIpc) is 2.74. The molecule has 0 aliphatic rings. The van der Waals surface area contributed by atoms with Crippen molar-refractivity contribution in [2.75, 3.05) is 11.1 Å². The van der Waals surface area contributed by atoms with Crippen LogP contribution >= 0.6 is 11.3 Å². The van der Waals surface area contributed by atoms with Crippen LogP contribution in [-0.2, 0) is 0 Å². The van der Waals surface area contributed by atoms with E-state index in [2.05, 4.69) is 20.5 Å². The molecule has 3 N–H and O–H groups in total. The maximum absolute atomic E-state index is 11.9. The molecule has 0 radical (unpaired) electrons. The number of nitro groups is 1. The number of nitrogens with two attached hydrogens (primary N) is 1. The third kappa shape index (κ3) is 2.80. The Kier molecular flexibility index (Phi) is 3.33. The fraction of sp³-hybridized carbons (Fsp3) is 0.111. The minimum absolute atomic E-state index is 0.0178. The minimum atomic E-state index is -0.702. The van der Waals surface area contributed by atoms with E-state index < -0.39 is 16.5 Å². The summed E-state index contributed by atoms with van der Waals surface area (Å²) in [5.41, 5.74) is 4.83. The molecule has 0 aliphatic carbocycles. The van der Waals surface area contributed by atoms with Gasteiger partial charge in [0.25, 0.3) is 11.6 Å². The fourth-order valence-electron chi connectivity index (χ4n) is 1.30. The first-order valence-corrected chi connectivity index (χ1v) is 5.80. The van der Waals surface area contributed by atoms with E-state index in [9.17, 15) is 14.9 Å². The van der Waals surface area contributed by atoms with Crippen molar-refractivity contribution < 1.29 is 9.72 Å². The lowest BCUT2D eigenvalue weighted by molar-refractivity contribution is -0.385. The van der Waals surface area contributed by atoms with Crippen molar-refractivity contribution in [3.8, 4) is 0 Å². The van der Waals surface area contributed by atoms with Gasteiger partial charge in [-0.2, -0.15) is 0 Å². The summed E-state index contributed by atoms with van der Waals surface area (Å²) in [5, 5.41) is 21.6. The van der Waals surface area contributed by atoms with Gasteiger partial charge in [0.15, 0.2) is 0 Å². The molecule has 0 atom stereocenters. The lowest BCUT2D eigenvalue weighted by Gasteiger charge is -2.03. The number of nitrogen functional groups attached to an aromatic ring is 1. The highest BCUT2D eigenvalue weighted by molar-refractivity contribution is 7.15. The molecule has 1 amide bonds. The van der Waals surface area contributed by atoms with Gasteiger partial charge in [0, 0.05) is 0 Å². The van der Waals surface area contributed by atoms with E-state index in [1.54, 1.807) is 6.92 Å². The zero-order chi connectivity index (χ0) is 14.0. The molecular formula is C9H8N6O3S. The largest absolute Gasteiger partial charge is 0.384 e. The number of amides is 1. The molecule has 0 fully saturated rings. The van der Waals surface area contributed by atoms with Crippen LogP contribution in [0.15, 0.2) is 12.3 Å². The van der Waals surface area contributed by atoms with Gasteiger partial charge in [0.2, 0.25) is 5.13 Å². The van der Waals surface area contributed by atoms with Gasteiger partial charge in [-0.1, -0.05) is 11.3 Å². The van der Waals surface area contributed by atoms with Crippen molar-refractivity contribution in [2.24, 2.45) is 0 Å². The molecule has 98 valence electrons. The highest BCUT2D eigenvalue weighted by Gasteiger charge is 2.22. The topological polar surface area (TPSA) is 137 Å². The molecular weight excluding hydrogens is 272 g/mol. The number of aromatic nitrogens is 3. The molecule has 0 aromatic carbocycles. The minimum Gasteiger partial charge on any atom is -0.384 e. The highest BCUT2D eigenvalue weighted by Crippen LogP contribution is 2.21. The Labute approximate surface area is 110 Å². The van der Waals surface area contributed by atoms with Crippen LogP contribution in [0.1, 0.15) is 15.4 Å². The summed E-state index contributed by atoms with van der Waals surface area (Å²) in [7, 11) is 0. The Morgan fingerprint density at radius 2 is 2.26 bits per heavy atom. The van der Waals surface area contributed by atoms with Gasteiger partial charge in [0.05, 0.1) is 4.92 Å². The molecule has 19 heavy (non-hydrogen) atoms. The van der Waals surface area contributed by atoms with Gasteiger partial charge in [-0.05, 0) is 13.0 Å². The van der Waals surface area contributed by atoms with Gasteiger partial charge in [-0.15, -0.1) is 10.2 Å². The summed E-state index contributed by atoms with van der Waals surface area (Å²) in [6, 6.07) is 1.14. The second-order valence-electron chi connectivity index (χ2n) is 3.46. The van der Waals surface area contributed by atoms with Crippen LogP contribution in [0.5, 0.6) is 0 Å². The van der Waals surface area contributed by atoms with E-state index >= 15 is 0 Å². The van der Waals surface area contributed by atoms with E-state index in [1.165, 1.54) is 0 Å². The molecule has 0 spiro atoms. The maximum atomic E-state index is 11.9. The number of anilines is 2. The van der Waals surface area contributed by atoms with Crippen LogP contribution in [0, 0.1) is 17.0 Å². The van der Waals surface area contributed by atoms with E-state index in [4.69, 9.17) is 5.73 Å². The lowest BCUT2D eigenvalue weighted by Crippen LogP contribution is -2.14. The molecule has 2 heterocycles. The van der Waals surface area contributed by atoms with Crippen LogP contribution in [0.25, 0.3) is 0 Å². The molecule has 0 unspecified atom stereocenters. The molecule has 10 heteroatoms. The SMILES string of the molecule is Cc1nnc(NC(=O)c2cc(N)ncc2[N+](=O)[O-])s1. The Morgan fingerprint density at radius 3 is 2.84 bits per heavy atom. The third-order valence-electron chi connectivity index (χ3n) is 2.09. The van der Waals surface area contributed by atoms with Crippen molar-refractivity contribution in [1.82, 2.24) is 15.2 Å². The highest BCUT2D eigenvalue weighted by atomic mass is 32.1. The zero-order valence-corrected chi connectivity index (χ0v) is 10.5. The summed E-state index contributed by atoms with van der Waals surface area (Å²) in [6.45, 7) is 1.72. The number of hydrogen-bond acceptors (Lipinski definition) is 8. The molecule has 2 rings (SSSR count). The number of nitrogens with zero attached hydrogens (tertiary/aromatic N) is 4. The van der Waals surface area contributed by atoms with Crippen molar-refractivity contribution in [2.45, 2.75) is 6.92 Å². The maximum Gasteiger partial charge on any atom is 0.300 e. The van der Waals surface area contributed by atoms with Gasteiger partial charge in [-0.3, -0.25) is 20.2 Å². The Morgan fingerprint density at radius 1 is 1.53 bits per heavy atom. The summed E-state index contributed by atoms with van der Waals surface area (Å²) >= 11 is 1.16. The predicted molar refractivity (Wildman–Crippen MR) is 67.9 cm³/mol. The second kappa shape index (κ2) is 4.94. The molecule has 0 aliphatic heterocycles. The molecule has 0 bridgehead atoms. The molecule has 0 saturated heterocycles. The van der Waals surface area contributed by atoms with Gasteiger partial charge in [-0.25, -0.2) is 4.98 Å². The van der Waals surface area contributed by atoms with Gasteiger partial charge < -0.3 is 5.73 Å². The smallest absolute Gasteiger partial charge is 0.300 e. The standard InChI is InChI=1S/C9H8N6O3S/c1-4-13-14-9(19-4)12-8(16)5-2-7(10)11-3-6(5)15(17)18/h2-3H,1H3,(H2,10,11)(H,12,14,16). The first-order chi connectivity index (χ1) is 8.97. The van der Waals surface area contributed by atoms with Gasteiger partial charge in [0.1, 0.15) is 22.6 Å². The number of carbonyl (C=O) groups excluding carboxylic acids is 1. The number of aryl methyl sites for hydroxylation is 1. The Bertz CT molecular complexity index is 655. The summed E-state index contributed by atoms with van der Waals surface area (Å²) in [6.07, 6.45) is 0.940. The van der Waals surface area contributed by atoms with E-state index in [1.807, 2.05) is 0 Å². The van der Waals surface area contributed by atoms with Crippen LogP contribution < -0.4 is 11.1 Å². The van der Waals surface area contributed by atoms with Crippen LogP contribution in [-0.4, -0.2) is 26.0 Å². The normalized spacial score (nSPS) is 10.2. The third-order valence-corrected chi connectivity index (χ3v) is 2.85. The van der Waals surface area contributed by atoms with Crippen molar-refractivity contribution in [3.05, 3.63) is 32.9 Å². The predicted octanol–water partition coefficient (Wildman–Crippen LogP) is 0.984.